The molecule has 2 rings (SSSR count). The van der Waals surface area contributed by atoms with Crippen LogP contribution in [0.15, 0.2) is 24.3 Å². The monoisotopic (exact) mass is 280 g/mol. The van der Waals surface area contributed by atoms with E-state index in [1.54, 1.807) is 12.1 Å². The smallest absolute Gasteiger partial charge is 0.231 e. The zero-order valence-corrected chi connectivity index (χ0v) is 11.7. The first-order valence-electron chi connectivity index (χ1n) is 6.93. The fourth-order valence-electron chi connectivity index (χ4n) is 2.57. The van der Waals surface area contributed by atoms with Crippen molar-refractivity contribution in [1.29, 1.82) is 0 Å². The average Bonchev–Trinajstić information content (AvgIpc) is 2.47. The largest absolute Gasteiger partial charge is 0.381 e. The van der Waals surface area contributed by atoms with Crippen molar-refractivity contribution in [1.82, 2.24) is 5.32 Å². The number of ether oxygens (including phenoxy) is 1. The summed E-state index contributed by atoms with van der Waals surface area (Å²) in [6, 6.07) is 6.17. The van der Waals surface area contributed by atoms with Gasteiger partial charge in [-0.05, 0) is 37.5 Å². The van der Waals surface area contributed by atoms with Crippen LogP contribution in [0.3, 0.4) is 0 Å². The Morgan fingerprint density at radius 1 is 1.50 bits per heavy atom. The van der Waals surface area contributed by atoms with Gasteiger partial charge in [-0.3, -0.25) is 4.79 Å². The van der Waals surface area contributed by atoms with E-state index in [0.29, 0.717) is 38.2 Å². The maximum absolute atomic E-state index is 13.5. The highest BCUT2D eigenvalue weighted by Gasteiger charge is 2.42. The number of benzene rings is 1. The van der Waals surface area contributed by atoms with Gasteiger partial charge in [0.2, 0.25) is 5.91 Å². The third-order valence-corrected chi connectivity index (χ3v) is 3.89. The van der Waals surface area contributed by atoms with Gasteiger partial charge in [-0.25, -0.2) is 4.39 Å². The summed E-state index contributed by atoms with van der Waals surface area (Å²) in [6.07, 6.45) is 1.11. The summed E-state index contributed by atoms with van der Waals surface area (Å²) in [5.74, 6) is -0.419. The van der Waals surface area contributed by atoms with Crippen molar-refractivity contribution in [3.05, 3.63) is 35.6 Å². The highest BCUT2D eigenvalue weighted by molar-refractivity contribution is 5.88. The van der Waals surface area contributed by atoms with Crippen LogP contribution in [0.2, 0.25) is 0 Å². The Hall–Kier alpha value is -1.46. The number of carbonyl (C=O) groups excluding carboxylic acids is 1. The molecule has 5 heteroatoms. The Kier molecular flexibility index (Phi) is 4.73. The topological polar surface area (TPSA) is 64.3 Å². The van der Waals surface area contributed by atoms with Gasteiger partial charge in [0.05, 0.1) is 5.41 Å². The van der Waals surface area contributed by atoms with E-state index >= 15 is 0 Å². The minimum Gasteiger partial charge on any atom is -0.381 e. The predicted molar refractivity (Wildman–Crippen MR) is 74.8 cm³/mol. The molecule has 3 N–H and O–H groups in total. The SMILES string of the molecule is C[C@@H](CN)NC(=O)C1(c2cccc(F)c2)CCOCC1. The Bertz CT molecular complexity index is 473. The van der Waals surface area contributed by atoms with Gasteiger partial charge in [-0.2, -0.15) is 0 Å². The molecule has 1 aromatic rings. The molecule has 1 aliphatic rings. The molecule has 0 aromatic heterocycles. The first-order valence-corrected chi connectivity index (χ1v) is 6.93. The molecule has 1 heterocycles. The second-order valence-electron chi connectivity index (χ2n) is 5.32. The Morgan fingerprint density at radius 3 is 2.80 bits per heavy atom. The van der Waals surface area contributed by atoms with Crippen LogP contribution in [0.1, 0.15) is 25.3 Å². The zero-order chi connectivity index (χ0) is 14.6. The van der Waals surface area contributed by atoms with Gasteiger partial charge in [0, 0.05) is 25.8 Å². The van der Waals surface area contributed by atoms with Gasteiger partial charge >= 0.3 is 0 Å². The number of hydrogen-bond donors (Lipinski definition) is 2. The van der Waals surface area contributed by atoms with Crippen molar-refractivity contribution < 1.29 is 13.9 Å². The summed E-state index contributed by atoms with van der Waals surface area (Å²) in [5, 5.41) is 2.92. The lowest BCUT2D eigenvalue weighted by atomic mass is 9.73. The first kappa shape index (κ1) is 14.9. The summed E-state index contributed by atoms with van der Waals surface area (Å²) >= 11 is 0. The lowest BCUT2D eigenvalue weighted by Crippen LogP contribution is -2.51. The van der Waals surface area contributed by atoms with E-state index in [9.17, 15) is 9.18 Å². The number of hydrogen-bond acceptors (Lipinski definition) is 3. The van der Waals surface area contributed by atoms with E-state index in [4.69, 9.17) is 10.5 Å². The highest BCUT2D eigenvalue weighted by Crippen LogP contribution is 2.35. The van der Waals surface area contributed by atoms with Crippen molar-refractivity contribution >= 4 is 5.91 Å². The number of nitrogens with one attached hydrogen (secondary N) is 1. The molecule has 0 saturated carbocycles. The second kappa shape index (κ2) is 6.33. The molecular formula is C15H21FN2O2. The van der Waals surface area contributed by atoms with Crippen molar-refractivity contribution in [3.8, 4) is 0 Å². The minimum atomic E-state index is -0.718. The molecule has 1 aromatic carbocycles. The van der Waals surface area contributed by atoms with Crippen LogP contribution in [0.4, 0.5) is 4.39 Å². The molecule has 0 spiro atoms. The van der Waals surface area contributed by atoms with Gasteiger partial charge in [-0.1, -0.05) is 12.1 Å². The van der Waals surface area contributed by atoms with Gasteiger partial charge in [0.15, 0.2) is 0 Å². The van der Waals surface area contributed by atoms with Crippen molar-refractivity contribution in [3.63, 3.8) is 0 Å². The van der Waals surface area contributed by atoms with E-state index in [1.807, 2.05) is 6.92 Å². The van der Waals surface area contributed by atoms with Crippen LogP contribution in [0.5, 0.6) is 0 Å². The third kappa shape index (κ3) is 2.99. The molecule has 0 aliphatic carbocycles. The molecule has 0 radical (unpaired) electrons. The minimum absolute atomic E-state index is 0.0932. The molecule has 20 heavy (non-hydrogen) atoms. The third-order valence-electron chi connectivity index (χ3n) is 3.89. The van der Waals surface area contributed by atoms with Crippen molar-refractivity contribution in [2.75, 3.05) is 19.8 Å². The molecular weight excluding hydrogens is 259 g/mol. The highest BCUT2D eigenvalue weighted by atomic mass is 19.1. The summed E-state index contributed by atoms with van der Waals surface area (Å²) in [5.41, 5.74) is 5.55. The normalized spacial score (nSPS) is 19.4. The van der Waals surface area contributed by atoms with Gasteiger partial charge in [-0.15, -0.1) is 0 Å². The van der Waals surface area contributed by atoms with Crippen molar-refractivity contribution in [2.24, 2.45) is 5.73 Å². The number of nitrogens with two attached hydrogens (primary N) is 1. The molecule has 0 bridgehead atoms. The fourth-order valence-corrected chi connectivity index (χ4v) is 2.57. The summed E-state index contributed by atoms with van der Waals surface area (Å²) in [6.45, 7) is 3.24. The number of carbonyl (C=O) groups is 1. The van der Waals surface area contributed by atoms with Gasteiger partial charge in [0.1, 0.15) is 5.82 Å². The molecule has 0 unspecified atom stereocenters. The van der Waals surface area contributed by atoms with Gasteiger partial charge < -0.3 is 15.8 Å². The van der Waals surface area contributed by atoms with Crippen molar-refractivity contribution in [2.45, 2.75) is 31.2 Å². The van der Waals surface area contributed by atoms with E-state index in [2.05, 4.69) is 5.32 Å². The quantitative estimate of drug-likeness (QED) is 0.874. The summed E-state index contributed by atoms with van der Waals surface area (Å²) in [4.78, 5) is 12.7. The average molecular weight is 280 g/mol. The second-order valence-corrected chi connectivity index (χ2v) is 5.32. The molecule has 4 nitrogen and oxygen atoms in total. The molecule has 1 fully saturated rings. The number of halogens is 1. The lowest BCUT2D eigenvalue weighted by Gasteiger charge is -2.37. The van der Waals surface area contributed by atoms with Crippen LogP contribution >= 0.6 is 0 Å². The maximum atomic E-state index is 13.5. The van der Waals surface area contributed by atoms with E-state index < -0.39 is 5.41 Å². The number of amides is 1. The lowest BCUT2D eigenvalue weighted by molar-refractivity contribution is -0.131. The summed E-state index contributed by atoms with van der Waals surface area (Å²) < 4.78 is 18.9. The van der Waals surface area contributed by atoms with Crippen LogP contribution in [0, 0.1) is 5.82 Å². The molecule has 1 atom stereocenters. The molecule has 1 saturated heterocycles. The first-order chi connectivity index (χ1) is 9.58. The molecule has 110 valence electrons. The fraction of sp³-hybridized carbons (Fsp3) is 0.533. The summed E-state index contributed by atoms with van der Waals surface area (Å²) in [7, 11) is 0. The van der Waals surface area contributed by atoms with Crippen LogP contribution < -0.4 is 11.1 Å². The van der Waals surface area contributed by atoms with Gasteiger partial charge in [0.25, 0.3) is 0 Å². The maximum Gasteiger partial charge on any atom is 0.231 e. The van der Waals surface area contributed by atoms with Crippen LogP contribution in [-0.2, 0) is 14.9 Å². The van der Waals surface area contributed by atoms with E-state index in [0.717, 1.165) is 0 Å². The molecule has 1 amide bonds. The van der Waals surface area contributed by atoms with Crippen LogP contribution in [0.25, 0.3) is 0 Å². The number of rotatable bonds is 4. The predicted octanol–water partition coefficient (Wildman–Crippen LogP) is 1.34. The Morgan fingerprint density at radius 2 is 2.20 bits per heavy atom. The van der Waals surface area contributed by atoms with E-state index in [-0.39, 0.29) is 17.8 Å². The molecule has 1 aliphatic heterocycles. The van der Waals surface area contributed by atoms with E-state index in [1.165, 1.54) is 12.1 Å². The van der Waals surface area contributed by atoms with Crippen LogP contribution in [-0.4, -0.2) is 31.7 Å². The zero-order valence-electron chi connectivity index (χ0n) is 11.7. The standard InChI is InChI=1S/C15H21FN2O2/c1-11(10-17)18-14(19)15(5-7-20-8-6-15)12-3-2-4-13(16)9-12/h2-4,9,11H,5-8,10,17H2,1H3,(H,18,19)/t11-/m0/s1. The Labute approximate surface area is 118 Å². The Balaban J connectivity index is 2.32.